The molecule has 2 heterocycles. The van der Waals surface area contributed by atoms with Crippen molar-refractivity contribution in [2.75, 3.05) is 32.8 Å². The van der Waals surface area contributed by atoms with Crippen molar-refractivity contribution in [2.45, 2.75) is 6.92 Å². The zero-order valence-electron chi connectivity index (χ0n) is 16.2. The molecule has 150 valence electrons. The number of halogens is 1. The van der Waals surface area contributed by atoms with E-state index < -0.39 is 0 Å². The van der Waals surface area contributed by atoms with Crippen LogP contribution in [0, 0.1) is 6.92 Å². The molecule has 0 radical (unpaired) electrons. The minimum atomic E-state index is -0.0897. The van der Waals surface area contributed by atoms with Gasteiger partial charge in [0.25, 0.3) is 11.8 Å². The smallest absolute Gasteiger partial charge is 0.270 e. The standard InChI is InChI=1S/C22H22ClN3O3/c1-15-2-3-16-13-20(24-19(16)12-15)22(28)26-10-8-25(9-11-26)21(27)14-29-18-6-4-17(23)5-7-18/h2-7,12-13,24H,8-11,14H2,1H3. The Morgan fingerprint density at radius 1 is 1.00 bits per heavy atom. The van der Waals surface area contributed by atoms with Gasteiger partial charge < -0.3 is 19.5 Å². The molecule has 1 fully saturated rings. The number of benzene rings is 2. The van der Waals surface area contributed by atoms with Crippen LogP contribution >= 0.6 is 11.6 Å². The Labute approximate surface area is 174 Å². The Hall–Kier alpha value is -2.99. The number of hydrogen-bond donors (Lipinski definition) is 1. The zero-order valence-corrected chi connectivity index (χ0v) is 16.9. The maximum Gasteiger partial charge on any atom is 0.270 e. The Morgan fingerprint density at radius 2 is 1.69 bits per heavy atom. The summed E-state index contributed by atoms with van der Waals surface area (Å²) in [6.07, 6.45) is 0. The summed E-state index contributed by atoms with van der Waals surface area (Å²) >= 11 is 5.84. The number of nitrogens with one attached hydrogen (secondary N) is 1. The number of fused-ring (bicyclic) bond motifs is 1. The van der Waals surface area contributed by atoms with E-state index in [2.05, 4.69) is 4.98 Å². The SMILES string of the molecule is Cc1ccc2cc(C(=O)N3CCN(C(=O)COc4ccc(Cl)cc4)CC3)[nH]c2c1. The lowest BCUT2D eigenvalue weighted by atomic mass is 10.2. The first kappa shape index (κ1) is 19.3. The molecule has 0 spiro atoms. The zero-order chi connectivity index (χ0) is 20.4. The molecule has 0 atom stereocenters. The molecule has 0 bridgehead atoms. The van der Waals surface area contributed by atoms with Crippen molar-refractivity contribution in [3.8, 4) is 5.75 Å². The third kappa shape index (κ3) is 4.38. The fourth-order valence-corrected chi connectivity index (χ4v) is 3.58. The van der Waals surface area contributed by atoms with Gasteiger partial charge in [0, 0.05) is 42.1 Å². The predicted octanol–water partition coefficient (Wildman–Crippen LogP) is 3.49. The van der Waals surface area contributed by atoms with E-state index in [1.807, 2.05) is 31.2 Å². The molecule has 1 N–H and O–H groups in total. The van der Waals surface area contributed by atoms with Crippen molar-refractivity contribution >= 4 is 34.3 Å². The first-order valence-corrected chi connectivity index (χ1v) is 9.92. The summed E-state index contributed by atoms with van der Waals surface area (Å²) in [5.41, 5.74) is 2.68. The van der Waals surface area contributed by atoms with Gasteiger partial charge in [-0.1, -0.05) is 23.7 Å². The molecule has 4 rings (SSSR count). The van der Waals surface area contributed by atoms with Crippen LogP contribution in [0.15, 0.2) is 48.5 Å². The van der Waals surface area contributed by atoms with E-state index in [1.165, 1.54) is 0 Å². The molecule has 1 saturated heterocycles. The maximum absolute atomic E-state index is 12.8. The minimum absolute atomic E-state index is 0.0308. The summed E-state index contributed by atoms with van der Waals surface area (Å²) in [5.74, 6) is 0.474. The fourth-order valence-electron chi connectivity index (χ4n) is 3.45. The Morgan fingerprint density at radius 3 is 2.41 bits per heavy atom. The molecule has 0 saturated carbocycles. The third-order valence-electron chi connectivity index (χ3n) is 5.10. The van der Waals surface area contributed by atoms with Gasteiger partial charge >= 0.3 is 0 Å². The van der Waals surface area contributed by atoms with Crippen LogP contribution in [0.25, 0.3) is 10.9 Å². The molecule has 2 aromatic carbocycles. The van der Waals surface area contributed by atoms with Crippen molar-refractivity contribution in [1.29, 1.82) is 0 Å². The van der Waals surface area contributed by atoms with Gasteiger partial charge in [-0.25, -0.2) is 0 Å². The van der Waals surface area contributed by atoms with Crippen molar-refractivity contribution in [1.82, 2.24) is 14.8 Å². The van der Waals surface area contributed by atoms with Gasteiger partial charge in [-0.2, -0.15) is 0 Å². The predicted molar refractivity (Wildman–Crippen MR) is 112 cm³/mol. The van der Waals surface area contributed by atoms with Crippen LogP contribution in [0.1, 0.15) is 16.1 Å². The topological polar surface area (TPSA) is 65.6 Å². The quantitative estimate of drug-likeness (QED) is 0.714. The summed E-state index contributed by atoms with van der Waals surface area (Å²) in [6, 6.07) is 14.9. The normalized spacial score (nSPS) is 14.3. The van der Waals surface area contributed by atoms with Crippen LogP contribution in [0.2, 0.25) is 5.02 Å². The van der Waals surface area contributed by atoms with E-state index in [0.29, 0.717) is 42.6 Å². The molecule has 1 aliphatic rings. The maximum atomic E-state index is 12.8. The van der Waals surface area contributed by atoms with E-state index in [9.17, 15) is 9.59 Å². The van der Waals surface area contributed by atoms with Crippen molar-refractivity contribution in [3.63, 3.8) is 0 Å². The number of amides is 2. The Kier molecular flexibility index (Phi) is 5.45. The number of piperazine rings is 1. The van der Waals surface area contributed by atoms with Gasteiger partial charge in [0.2, 0.25) is 0 Å². The summed E-state index contributed by atoms with van der Waals surface area (Å²) in [7, 11) is 0. The minimum Gasteiger partial charge on any atom is -0.484 e. The second-order valence-electron chi connectivity index (χ2n) is 7.19. The fraction of sp³-hybridized carbons (Fsp3) is 0.273. The second-order valence-corrected chi connectivity index (χ2v) is 7.63. The number of H-pyrrole nitrogens is 1. The second kappa shape index (κ2) is 8.17. The first-order valence-electron chi connectivity index (χ1n) is 9.54. The number of aromatic amines is 1. The van der Waals surface area contributed by atoms with Crippen LogP contribution in [0.4, 0.5) is 0 Å². The number of carbonyl (C=O) groups excluding carboxylic acids is 2. The number of aromatic nitrogens is 1. The molecular weight excluding hydrogens is 390 g/mol. The highest BCUT2D eigenvalue weighted by molar-refractivity contribution is 6.30. The molecule has 2 amide bonds. The van der Waals surface area contributed by atoms with Gasteiger partial charge in [-0.15, -0.1) is 0 Å². The van der Waals surface area contributed by atoms with Gasteiger partial charge in [-0.3, -0.25) is 9.59 Å². The molecule has 3 aromatic rings. The lowest BCUT2D eigenvalue weighted by Crippen LogP contribution is -2.51. The van der Waals surface area contributed by atoms with Crippen LogP contribution in [-0.2, 0) is 4.79 Å². The van der Waals surface area contributed by atoms with Crippen LogP contribution < -0.4 is 4.74 Å². The van der Waals surface area contributed by atoms with Gasteiger partial charge in [0.15, 0.2) is 6.61 Å². The number of aryl methyl sites for hydroxylation is 1. The molecule has 1 aliphatic heterocycles. The van der Waals surface area contributed by atoms with Crippen molar-refractivity contribution in [2.24, 2.45) is 0 Å². The van der Waals surface area contributed by atoms with Crippen LogP contribution in [-0.4, -0.2) is 59.4 Å². The van der Waals surface area contributed by atoms with Gasteiger partial charge in [-0.05, 0) is 48.9 Å². The highest BCUT2D eigenvalue weighted by atomic mass is 35.5. The molecule has 0 aliphatic carbocycles. The first-order chi connectivity index (χ1) is 14.0. The van der Waals surface area contributed by atoms with Crippen molar-refractivity contribution in [3.05, 3.63) is 64.8 Å². The summed E-state index contributed by atoms with van der Waals surface area (Å²) in [5, 5.41) is 1.64. The van der Waals surface area contributed by atoms with Gasteiger partial charge in [0.1, 0.15) is 11.4 Å². The Balaban J connectivity index is 1.31. The van der Waals surface area contributed by atoms with E-state index in [4.69, 9.17) is 16.3 Å². The molecule has 7 heteroatoms. The lowest BCUT2D eigenvalue weighted by Gasteiger charge is -2.34. The van der Waals surface area contributed by atoms with Crippen molar-refractivity contribution < 1.29 is 14.3 Å². The van der Waals surface area contributed by atoms with E-state index in [-0.39, 0.29) is 18.4 Å². The molecule has 1 aromatic heterocycles. The summed E-state index contributed by atoms with van der Waals surface area (Å²) in [6.45, 7) is 3.98. The molecular formula is C22H22ClN3O3. The van der Waals surface area contributed by atoms with E-state index >= 15 is 0 Å². The highest BCUT2D eigenvalue weighted by Crippen LogP contribution is 2.19. The summed E-state index contributed by atoms with van der Waals surface area (Å²) in [4.78, 5) is 31.9. The third-order valence-corrected chi connectivity index (χ3v) is 5.36. The average molecular weight is 412 g/mol. The molecule has 6 nitrogen and oxygen atoms in total. The highest BCUT2D eigenvalue weighted by Gasteiger charge is 2.26. The average Bonchev–Trinajstić information content (AvgIpc) is 3.16. The van der Waals surface area contributed by atoms with Crippen LogP contribution in [0.3, 0.4) is 0 Å². The number of hydrogen-bond acceptors (Lipinski definition) is 3. The largest absolute Gasteiger partial charge is 0.484 e. The number of ether oxygens (including phenoxy) is 1. The van der Waals surface area contributed by atoms with E-state index in [0.717, 1.165) is 16.5 Å². The lowest BCUT2D eigenvalue weighted by molar-refractivity contribution is -0.134. The van der Waals surface area contributed by atoms with Crippen LogP contribution in [0.5, 0.6) is 5.75 Å². The molecule has 29 heavy (non-hydrogen) atoms. The molecule has 0 unspecified atom stereocenters. The monoisotopic (exact) mass is 411 g/mol. The Bertz CT molecular complexity index is 1040. The summed E-state index contributed by atoms with van der Waals surface area (Å²) < 4.78 is 5.53. The van der Waals surface area contributed by atoms with Gasteiger partial charge in [0.05, 0.1) is 0 Å². The number of rotatable bonds is 4. The number of nitrogens with zero attached hydrogens (tertiary/aromatic N) is 2. The van der Waals surface area contributed by atoms with E-state index in [1.54, 1.807) is 34.1 Å². The number of carbonyl (C=O) groups is 2.